The van der Waals surface area contributed by atoms with E-state index in [-0.39, 0.29) is 17.8 Å². The first-order valence-corrected chi connectivity index (χ1v) is 7.25. The summed E-state index contributed by atoms with van der Waals surface area (Å²) in [6.07, 6.45) is 2.80. The number of hydrogen-bond acceptors (Lipinski definition) is 2. The van der Waals surface area contributed by atoms with Crippen LogP contribution in [0.15, 0.2) is 61.4 Å². The van der Waals surface area contributed by atoms with E-state index in [0.717, 1.165) is 11.0 Å². The number of imidazole rings is 1. The van der Waals surface area contributed by atoms with Crippen LogP contribution >= 0.6 is 0 Å². The van der Waals surface area contributed by atoms with Crippen molar-refractivity contribution in [3.63, 3.8) is 0 Å². The van der Waals surface area contributed by atoms with Gasteiger partial charge in [0.25, 0.3) is 0 Å². The van der Waals surface area contributed by atoms with Gasteiger partial charge in [-0.05, 0) is 42.8 Å². The molecule has 0 saturated heterocycles. The van der Waals surface area contributed by atoms with Crippen molar-refractivity contribution in [2.45, 2.75) is 13.0 Å². The molecular weight excluding hydrogens is 293 g/mol. The average molecular weight is 309 g/mol. The van der Waals surface area contributed by atoms with Crippen LogP contribution in [0.25, 0.3) is 16.7 Å². The second-order valence-corrected chi connectivity index (χ2v) is 5.25. The summed E-state index contributed by atoms with van der Waals surface area (Å²) in [5.74, 6) is -0.659. The predicted octanol–water partition coefficient (Wildman–Crippen LogP) is 3.53. The van der Waals surface area contributed by atoms with Crippen molar-refractivity contribution in [3.05, 3.63) is 72.8 Å². The van der Waals surface area contributed by atoms with Crippen LogP contribution in [-0.4, -0.2) is 15.5 Å². The average Bonchev–Trinajstić information content (AvgIpc) is 2.98. The first-order chi connectivity index (χ1) is 11.1. The van der Waals surface area contributed by atoms with Crippen LogP contribution in [0.2, 0.25) is 0 Å². The van der Waals surface area contributed by atoms with Crippen molar-refractivity contribution >= 4 is 16.9 Å². The number of para-hydroxylation sites is 2. The molecule has 0 aliphatic rings. The van der Waals surface area contributed by atoms with Gasteiger partial charge in [0.05, 0.1) is 22.8 Å². The van der Waals surface area contributed by atoms with E-state index in [9.17, 15) is 9.18 Å². The highest BCUT2D eigenvalue weighted by Crippen LogP contribution is 2.23. The monoisotopic (exact) mass is 309 g/mol. The Kier molecular flexibility index (Phi) is 3.93. The Morgan fingerprint density at radius 3 is 2.87 bits per heavy atom. The molecule has 23 heavy (non-hydrogen) atoms. The number of halogens is 1. The molecule has 0 aliphatic carbocycles. The van der Waals surface area contributed by atoms with Crippen molar-refractivity contribution in [2.75, 3.05) is 0 Å². The zero-order valence-electron chi connectivity index (χ0n) is 12.7. The van der Waals surface area contributed by atoms with Crippen molar-refractivity contribution in [3.8, 4) is 5.69 Å². The molecule has 1 amide bonds. The summed E-state index contributed by atoms with van der Waals surface area (Å²) in [4.78, 5) is 15.6. The number of nitrogens with zero attached hydrogens (tertiary/aromatic N) is 2. The van der Waals surface area contributed by atoms with Gasteiger partial charge in [-0.3, -0.25) is 9.36 Å². The second kappa shape index (κ2) is 6.04. The third-order valence-corrected chi connectivity index (χ3v) is 3.73. The molecule has 1 N–H and O–H groups in total. The summed E-state index contributed by atoms with van der Waals surface area (Å²) in [6.45, 7) is 5.20. The minimum Gasteiger partial charge on any atom is -0.346 e. The molecule has 0 bridgehead atoms. The van der Waals surface area contributed by atoms with Gasteiger partial charge in [-0.2, -0.15) is 0 Å². The highest BCUT2D eigenvalue weighted by atomic mass is 19.1. The van der Waals surface area contributed by atoms with Crippen LogP contribution in [0.5, 0.6) is 0 Å². The SMILES string of the molecule is C=CC(=O)NC(C)c1ccc(-n2cnc3ccccc32)c(F)c1. The minimum absolute atomic E-state index is 0.289. The molecule has 0 aliphatic heterocycles. The van der Waals surface area contributed by atoms with Gasteiger partial charge in [-0.1, -0.05) is 24.8 Å². The van der Waals surface area contributed by atoms with Gasteiger partial charge in [0.1, 0.15) is 12.1 Å². The van der Waals surface area contributed by atoms with Gasteiger partial charge in [0.2, 0.25) is 5.91 Å². The largest absolute Gasteiger partial charge is 0.346 e. The van der Waals surface area contributed by atoms with E-state index in [1.807, 2.05) is 24.3 Å². The summed E-state index contributed by atoms with van der Waals surface area (Å²) in [5.41, 5.74) is 2.75. The lowest BCUT2D eigenvalue weighted by atomic mass is 10.1. The number of amides is 1. The van der Waals surface area contributed by atoms with Crippen molar-refractivity contribution in [1.82, 2.24) is 14.9 Å². The standard InChI is InChI=1S/C18H16FN3O/c1-3-18(23)21-12(2)13-8-9-16(14(19)10-13)22-11-20-15-6-4-5-7-17(15)22/h3-12H,1H2,2H3,(H,21,23). The smallest absolute Gasteiger partial charge is 0.243 e. The van der Waals surface area contributed by atoms with Gasteiger partial charge in [0.15, 0.2) is 0 Å². The van der Waals surface area contributed by atoms with E-state index in [1.54, 1.807) is 30.0 Å². The fourth-order valence-electron chi connectivity index (χ4n) is 2.49. The van der Waals surface area contributed by atoms with Gasteiger partial charge in [-0.15, -0.1) is 0 Å². The lowest BCUT2D eigenvalue weighted by Gasteiger charge is -2.14. The maximum atomic E-state index is 14.5. The summed E-state index contributed by atoms with van der Waals surface area (Å²) in [6, 6.07) is 12.2. The Hall–Kier alpha value is -2.95. The van der Waals surface area contributed by atoms with E-state index in [0.29, 0.717) is 11.3 Å². The maximum Gasteiger partial charge on any atom is 0.243 e. The molecule has 0 saturated carbocycles. The number of benzene rings is 2. The quantitative estimate of drug-likeness (QED) is 0.749. The molecule has 1 aromatic heterocycles. The number of rotatable bonds is 4. The van der Waals surface area contributed by atoms with Crippen LogP contribution < -0.4 is 5.32 Å². The van der Waals surface area contributed by atoms with Crippen molar-refractivity contribution in [1.29, 1.82) is 0 Å². The Labute approximate surface area is 133 Å². The molecule has 3 rings (SSSR count). The van der Waals surface area contributed by atoms with Gasteiger partial charge in [-0.25, -0.2) is 9.37 Å². The van der Waals surface area contributed by atoms with Crippen molar-refractivity contribution < 1.29 is 9.18 Å². The second-order valence-electron chi connectivity index (χ2n) is 5.25. The highest BCUT2D eigenvalue weighted by molar-refractivity contribution is 5.87. The molecular formula is C18H16FN3O. The Morgan fingerprint density at radius 2 is 2.13 bits per heavy atom. The van der Waals surface area contributed by atoms with E-state index < -0.39 is 0 Å². The number of fused-ring (bicyclic) bond motifs is 1. The summed E-state index contributed by atoms with van der Waals surface area (Å²) >= 11 is 0. The number of aromatic nitrogens is 2. The summed E-state index contributed by atoms with van der Waals surface area (Å²) < 4.78 is 16.2. The predicted molar refractivity (Wildman–Crippen MR) is 87.8 cm³/mol. The maximum absolute atomic E-state index is 14.5. The van der Waals surface area contributed by atoms with E-state index in [4.69, 9.17) is 0 Å². The summed E-state index contributed by atoms with van der Waals surface area (Å²) in [5, 5.41) is 2.71. The molecule has 0 radical (unpaired) electrons. The molecule has 3 aromatic rings. The Balaban J connectivity index is 1.96. The first kappa shape index (κ1) is 15.0. The lowest BCUT2D eigenvalue weighted by molar-refractivity contribution is -0.117. The van der Waals surface area contributed by atoms with Crippen molar-refractivity contribution in [2.24, 2.45) is 0 Å². The van der Waals surface area contributed by atoms with E-state index >= 15 is 0 Å². The lowest BCUT2D eigenvalue weighted by Crippen LogP contribution is -2.24. The zero-order valence-corrected chi connectivity index (χ0v) is 12.7. The van der Waals surface area contributed by atoms with Gasteiger partial charge < -0.3 is 5.32 Å². The Morgan fingerprint density at radius 1 is 1.35 bits per heavy atom. The number of carbonyl (C=O) groups excluding carboxylic acids is 1. The third kappa shape index (κ3) is 2.85. The first-order valence-electron chi connectivity index (χ1n) is 7.25. The number of hydrogen-bond donors (Lipinski definition) is 1. The molecule has 116 valence electrons. The fraction of sp³-hybridized carbons (Fsp3) is 0.111. The van der Waals surface area contributed by atoms with Crippen LogP contribution in [-0.2, 0) is 4.79 Å². The summed E-state index contributed by atoms with van der Waals surface area (Å²) in [7, 11) is 0. The van der Waals surface area contributed by atoms with E-state index in [1.165, 1.54) is 12.1 Å². The zero-order chi connectivity index (χ0) is 16.4. The highest BCUT2D eigenvalue weighted by Gasteiger charge is 2.13. The Bertz CT molecular complexity index is 885. The van der Waals surface area contributed by atoms with Crippen LogP contribution in [0, 0.1) is 5.82 Å². The van der Waals surface area contributed by atoms with Crippen LogP contribution in [0.4, 0.5) is 4.39 Å². The van der Waals surface area contributed by atoms with Crippen LogP contribution in [0.3, 0.4) is 0 Å². The normalized spacial score (nSPS) is 12.1. The number of nitrogens with one attached hydrogen (secondary N) is 1. The fourth-order valence-corrected chi connectivity index (χ4v) is 2.49. The number of carbonyl (C=O) groups is 1. The minimum atomic E-state index is -0.370. The van der Waals surface area contributed by atoms with Gasteiger partial charge in [0, 0.05) is 0 Å². The molecule has 0 fully saturated rings. The molecule has 0 spiro atoms. The topological polar surface area (TPSA) is 46.9 Å². The molecule has 1 heterocycles. The van der Waals surface area contributed by atoms with Gasteiger partial charge >= 0.3 is 0 Å². The van der Waals surface area contributed by atoms with E-state index in [2.05, 4.69) is 16.9 Å². The molecule has 1 atom stereocenters. The molecule has 1 unspecified atom stereocenters. The van der Waals surface area contributed by atoms with Crippen LogP contribution in [0.1, 0.15) is 18.5 Å². The third-order valence-electron chi connectivity index (χ3n) is 3.73. The molecule has 5 heteroatoms. The molecule has 2 aromatic carbocycles. The molecule has 4 nitrogen and oxygen atoms in total.